The van der Waals surface area contributed by atoms with Gasteiger partial charge in [0.1, 0.15) is 22.3 Å². The van der Waals surface area contributed by atoms with E-state index >= 15 is 0 Å². The summed E-state index contributed by atoms with van der Waals surface area (Å²) in [6.45, 7) is 1.63. The number of nitrogens with one attached hydrogen (secondary N) is 1. The van der Waals surface area contributed by atoms with Gasteiger partial charge in [0.2, 0.25) is 5.95 Å². The van der Waals surface area contributed by atoms with Crippen molar-refractivity contribution < 1.29 is 13.2 Å². The Balaban J connectivity index is 1.76. The average molecular weight is 325 g/mol. The van der Waals surface area contributed by atoms with E-state index in [4.69, 9.17) is 0 Å². The number of anilines is 2. The summed E-state index contributed by atoms with van der Waals surface area (Å²) in [4.78, 5) is 5.38. The summed E-state index contributed by atoms with van der Waals surface area (Å²) in [6, 6.07) is 6.84. The number of nitrogens with zero attached hydrogens (tertiary/aromatic N) is 2. The lowest BCUT2D eigenvalue weighted by Gasteiger charge is -2.18. The molecule has 0 bridgehead atoms. The van der Waals surface area contributed by atoms with E-state index in [1.807, 2.05) is 4.90 Å². The van der Waals surface area contributed by atoms with E-state index in [1.165, 1.54) is 30.3 Å². The van der Waals surface area contributed by atoms with Gasteiger partial charge in [0.15, 0.2) is 0 Å². The highest BCUT2D eigenvalue weighted by molar-refractivity contribution is 8.00. The number of benzene rings is 1. The summed E-state index contributed by atoms with van der Waals surface area (Å²) in [5.74, 6) is -1.74. The number of pyridine rings is 1. The van der Waals surface area contributed by atoms with Crippen LogP contribution in [-0.2, 0) is 0 Å². The van der Waals surface area contributed by atoms with Crippen LogP contribution in [0.1, 0.15) is 12.8 Å². The van der Waals surface area contributed by atoms with Crippen molar-refractivity contribution in [3.05, 3.63) is 47.9 Å². The predicted molar refractivity (Wildman–Crippen MR) is 81.5 cm³/mol. The Labute approximate surface area is 130 Å². The third-order valence-electron chi connectivity index (χ3n) is 3.43. The van der Waals surface area contributed by atoms with Crippen molar-refractivity contribution in [3.8, 4) is 0 Å². The Kier molecular flexibility index (Phi) is 4.42. The molecule has 1 aliphatic rings. The lowest BCUT2D eigenvalue weighted by Crippen LogP contribution is -2.18. The molecule has 1 aromatic carbocycles. The smallest absolute Gasteiger partial charge is 0.214 e. The lowest BCUT2D eigenvalue weighted by molar-refractivity contribution is 0.540. The van der Waals surface area contributed by atoms with Crippen LogP contribution in [0.5, 0.6) is 0 Å². The van der Waals surface area contributed by atoms with Crippen LogP contribution < -0.4 is 9.62 Å². The molecule has 3 rings (SSSR count). The molecular formula is C15H14F3N3S. The van der Waals surface area contributed by atoms with Gasteiger partial charge in [-0.05, 0) is 49.1 Å². The van der Waals surface area contributed by atoms with Gasteiger partial charge in [-0.3, -0.25) is 0 Å². The van der Waals surface area contributed by atoms with Crippen molar-refractivity contribution in [1.82, 2.24) is 4.98 Å². The fourth-order valence-corrected chi connectivity index (χ4v) is 3.00. The fraction of sp³-hybridized carbons (Fsp3) is 0.267. The van der Waals surface area contributed by atoms with Gasteiger partial charge < -0.3 is 9.62 Å². The summed E-state index contributed by atoms with van der Waals surface area (Å²) in [5.41, 5.74) is 0.556. The molecule has 0 spiro atoms. The number of aromatic nitrogens is 1. The topological polar surface area (TPSA) is 28.2 Å². The SMILES string of the molecule is Fc1cccc(NSc2c(F)cc(N3CCCC3)cc2F)n1. The number of rotatable bonds is 4. The Morgan fingerprint density at radius 3 is 2.36 bits per heavy atom. The average Bonchev–Trinajstić information content (AvgIpc) is 3.00. The molecule has 0 radical (unpaired) electrons. The number of hydrogen-bond acceptors (Lipinski definition) is 4. The molecule has 0 saturated carbocycles. The first-order valence-corrected chi connectivity index (χ1v) is 7.74. The van der Waals surface area contributed by atoms with E-state index < -0.39 is 17.6 Å². The third-order valence-corrected chi connectivity index (χ3v) is 4.33. The summed E-state index contributed by atoms with van der Waals surface area (Å²) in [7, 11) is 0. The summed E-state index contributed by atoms with van der Waals surface area (Å²) in [5, 5.41) is 0. The third kappa shape index (κ3) is 3.30. The van der Waals surface area contributed by atoms with Gasteiger partial charge in [0.05, 0.1) is 0 Å². The lowest BCUT2D eigenvalue weighted by atomic mass is 10.2. The normalized spacial score (nSPS) is 14.4. The van der Waals surface area contributed by atoms with Gasteiger partial charge in [-0.15, -0.1) is 0 Å². The molecule has 116 valence electrons. The first-order valence-electron chi connectivity index (χ1n) is 6.93. The molecule has 1 saturated heterocycles. The van der Waals surface area contributed by atoms with Crippen LogP contribution in [0.4, 0.5) is 24.7 Å². The van der Waals surface area contributed by atoms with Crippen LogP contribution in [0, 0.1) is 17.6 Å². The maximum atomic E-state index is 14.1. The van der Waals surface area contributed by atoms with Crippen molar-refractivity contribution in [2.24, 2.45) is 0 Å². The monoisotopic (exact) mass is 325 g/mol. The van der Waals surface area contributed by atoms with Gasteiger partial charge in [0, 0.05) is 18.8 Å². The molecule has 0 unspecified atom stereocenters. The Morgan fingerprint density at radius 1 is 1.05 bits per heavy atom. The van der Waals surface area contributed by atoms with Gasteiger partial charge >= 0.3 is 0 Å². The first kappa shape index (κ1) is 15.0. The van der Waals surface area contributed by atoms with Crippen molar-refractivity contribution >= 4 is 23.5 Å². The molecule has 1 fully saturated rings. The quantitative estimate of drug-likeness (QED) is 0.673. The molecular weight excluding hydrogens is 311 g/mol. The van der Waals surface area contributed by atoms with Crippen LogP contribution in [0.2, 0.25) is 0 Å². The zero-order valence-corrected chi connectivity index (χ0v) is 12.5. The van der Waals surface area contributed by atoms with Gasteiger partial charge in [0.25, 0.3) is 0 Å². The van der Waals surface area contributed by atoms with Gasteiger partial charge in [-0.2, -0.15) is 4.39 Å². The van der Waals surface area contributed by atoms with E-state index in [0.717, 1.165) is 37.9 Å². The van der Waals surface area contributed by atoms with Crippen LogP contribution in [-0.4, -0.2) is 18.1 Å². The highest BCUT2D eigenvalue weighted by Crippen LogP contribution is 2.31. The molecule has 1 N–H and O–H groups in total. The highest BCUT2D eigenvalue weighted by atomic mass is 32.2. The van der Waals surface area contributed by atoms with Crippen LogP contribution >= 0.6 is 11.9 Å². The van der Waals surface area contributed by atoms with Crippen molar-refractivity contribution in [2.75, 3.05) is 22.7 Å². The summed E-state index contributed by atoms with van der Waals surface area (Å²) >= 11 is 0.739. The van der Waals surface area contributed by atoms with Crippen molar-refractivity contribution in [1.29, 1.82) is 0 Å². The molecule has 22 heavy (non-hydrogen) atoms. The Bertz CT molecular complexity index is 652. The maximum Gasteiger partial charge on any atom is 0.214 e. The molecule has 3 nitrogen and oxygen atoms in total. The number of halogens is 3. The molecule has 2 heterocycles. The van der Waals surface area contributed by atoms with Crippen molar-refractivity contribution in [2.45, 2.75) is 17.7 Å². The van der Waals surface area contributed by atoms with Crippen LogP contribution in [0.25, 0.3) is 0 Å². The second-order valence-corrected chi connectivity index (χ2v) is 5.80. The molecule has 7 heteroatoms. The van der Waals surface area contributed by atoms with Crippen LogP contribution in [0.3, 0.4) is 0 Å². The molecule has 1 aliphatic heterocycles. The van der Waals surface area contributed by atoms with Gasteiger partial charge in [-0.1, -0.05) is 6.07 Å². The van der Waals surface area contributed by atoms with Gasteiger partial charge in [-0.25, -0.2) is 13.8 Å². The minimum atomic E-state index is -0.657. The van der Waals surface area contributed by atoms with E-state index in [1.54, 1.807) is 0 Å². The Hall–Kier alpha value is -1.89. The Morgan fingerprint density at radius 2 is 1.73 bits per heavy atom. The summed E-state index contributed by atoms with van der Waals surface area (Å²) < 4.78 is 43.9. The minimum absolute atomic E-state index is 0.158. The zero-order valence-electron chi connectivity index (χ0n) is 11.7. The second-order valence-electron chi connectivity index (χ2n) is 4.98. The predicted octanol–water partition coefficient (Wildman–Crippen LogP) is 4.22. The standard InChI is InChI=1S/C15H14F3N3S/c16-11-8-10(21-6-1-2-7-21)9-12(17)15(11)22-20-14-5-3-4-13(18)19-14/h3-5,8-9H,1-2,6-7H2,(H,19,20). The summed E-state index contributed by atoms with van der Waals surface area (Å²) in [6.07, 6.45) is 2.07. The fourth-order valence-electron chi connectivity index (χ4n) is 2.37. The maximum absolute atomic E-state index is 14.1. The highest BCUT2D eigenvalue weighted by Gasteiger charge is 2.18. The molecule has 0 atom stereocenters. The molecule has 1 aromatic heterocycles. The van der Waals surface area contributed by atoms with E-state index in [-0.39, 0.29) is 10.7 Å². The van der Waals surface area contributed by atoms with Crippen molar-refractivity contribution in [3.63, 3.8) is 0 Å². The molecule has 0 aliphatic carbocycles. The van der Waals surface area contributed by atoms with E-state index in [9.17, 15) is 13.2 Å². The second kappa shape index (κ2) is 6.48. The largest absolute Gasteiger partial charge is 0.371 e. The van der Waals surface area contributed by atoms with E-state index in [2.05, 4.69) is 9.71 Å². The van der Waals surface area contributed by atoms with E-state index in [0.29, 0.717) is 5.69 Å². The zero-order chi connectivity index (χ0) is 15.5. The minimum Gasteiger partial charge on any atom is -0.371 e. The first-order chi connectivity index (χ1) is 10.6. The molecule has 2 aromatic rings. The molecule has 0 amide bonds. The number of hydrogen-bond donors (Lipinski definition) is 1. The van der Waals surface area contributed by atoms with Crippen LogP contribution in [0.15, 0.2) is 35.2 Å².